The lowest BCUT2D eigenvalue weighted by atomic mass is 10.0. The molecule has 0 aliphatic carbocycles. The lowest BCUT2D eigenvalue weighted by molar-refractivity contribution is 0.262. The van der Waals surface area contributed by atoms with Crippen LogP contribution in [0.25, 0.3) is 11.3 Å². The Balaban J connectivity index is 1.40. The molecule has 1 saturated heterocycles. The summed E-state index contributed by atoms with van der Waals surface area (Å²) in [5.41, 5.74) is 4.41. The highest BCUT2D eigenvalue weighted by atomic mass is 16.2. The van der Waals surface area contributed by atoms with Gasteiger partial charge in [-0.2, -0.15) is 0 Å². The van der Waals surface area contributed by atoms with Crippen LogP contribution in [0.5, 0.6) is 0 Å². The number of aromatic nitrogens is 2. The SMILES string of the molecule is CC(C)c1ccc(NC(=O)Nc2cccc(-c3ccc(N4CCCCC4)nn3)c2)cc1. The first-order valence-corrected chi connectivity index (χ1v) is 11.0. The van der Waals surface area contributed by atoms with Crippen molar-refractivity contribution < 1.29 is 4.79 Å². The Morgan fingerprint density at radius 1 is 0.871 bits per heavy atom. The first kappa shape index (κ1) is 20.8. The molecule has 6 nitrogen and oxygen atoms in total. The number of benzene rings is 2. The Bertz CT molecular complexity index is 1010. The molecule has 2 heterocycles. The van der Waals surface area contributed by atoms with Crippen LogP contribution in [0.4, 0.5) is 22.0 Å². The molecule has 1 aliphatic heterocycles. The van der Waals surface area contributed by atoms with Gasteiger partial charge in [-0.05, 0) is 67.1 Å². The van der Waals surface area contributed by atoms with E-state index in [1.807, 2.05) is 60.7 Å². The molecule has 2 N–H and O–H groups in total. The Kier molecular flexibility index (Phi) is 6.46. The predicted octanol–water partition coefficient (Wildman–Crippen LogP) is 5.90. The summed E-state index contributed by atoms with van der Waals surface area (Å²) < 4.78 is 0. The van der Waals surface area contributed by atoms with Gasteiger partial charge in [0.05, 0.1) is 5.69 Å². The highest BCUT2D eigenvalue weighted by Crippen LogP contribution is 2.23. The third kappa shape index (κ3) is 5.40. The van der Waals surface area contributed by atoms with E-state index < -0.39 is 0 Å². The number of carbonyl (C=O) groups is 1. The number of amides is 2. The maximum Gasteiger partial charge on any atom is 0.323 e. The normalized spacial score (nSPS) is 13.8. The summed E-state index contributed by atoms with van der Waals surface area (Å²) in [5, 5.41) is 14.6. The van der Waals surface area contributed by atoms with Crippen molar-refractivity contribution in [3.63, 3.8) is 0 Å². The van der Waals surface area contributed by atoms with Gasteiger partial charge in [0.1, 0.15) is 0 Å². The van der Waals surface area contributed by atoms with Crippen LogP contribution in [0, 0.1) is 0 Å². The van der Waals surface area contributed by atoms with E-state index in [-0.39, 0.29) is 6.03 Å². The van der Waals surface area contributed by atoms with Gasteiger partial charge in [0.15, 0.2) is 5.82 Å². The van der Waals surface area contributed by atoms with E-state index in [1.165, 1.54) is 24.8 Å². The summed E-state index contributed by atoms with van der Waals surface area (Å²) >= 11 is 0. The predicted molar refractivity (Wildman–Crippen MR) is 127 cm³/mol. The molecular weight excluding hydrogens is 386 g/mol. The summed E-state index contributed by atoms with van der Waals surface area (Å²) in [7, 11) is 0. The number of piperidine rings is 1. The Labute approximate surface area is 183 Å². The van der Waals surface area contributed by atoms with Gasteiger partial charge in [-0.15, -0.1) is 10.2 Å². The molecule has 0 radical (unpaired) electrons. The summed E-state index contributed by atoms with van der Waals surface area (Å²) in [6.07, 6.45) is 3.71. The second kappa shape index (κ2) is 9.60. The average molecular weight is 416 g/mol. The summed E-state index contributed by atoms with van der Waals surface area (Å²) in [4.78, 5) is 14.7. The van der Waals surface area contributed by atoms with Crippen molar-refractivity contribution in [3.05, 3.63) is 66.2 Å². The molecule has 1 aromatic heterocycles. The molecule has 2 amide bonds. The van der Waals surface area contributed by atoms with Crippen molar-refractivity contribution in [1.29, 1.82) is 0 Å². The third-order valence-corrected chi connectivity index (χ3v) is 5.58. The summed E-state index contributed by atoms with van der Waals surface area (Å²) in [6, 6.07) is 19.3. The molecule has 160 valence electrons. The molecule has 0 saturated carbocycles. The fourth-order valence-corrected chi connectivity index (χ4v) is 3.77. The maximum absolute atomic E-state index is 12.4. The van der Waals surface area contributed by atoms with Crippen molar-refractivity contribution in [2.24, 2.45) is 0 Å². The molecule has 6 heteroatoms. The number of nitrogens with one attached hydrogen (secondary N) is 2. The van der Waals surface area contributed by atoms with Crippen molar-refractivity contribution in [2.45, 2.75) is 39.0 Å². The topological polar surface area (TPSA) is 70.2 Å². The molecule has 0 bridgehead atoms. The minimum absolute atomic E-state index is 0.277. The standard InChI is InChI=1S/C25H29N5O/c1-18(2)19-9-11-21(12-10-19)26-25(31)27-22-8-6-7-20(17-22)23-13-14-24(29-28-23)30-15-4-3-5-16-30/h6-14,17-18H,3-5,15-16H2,1-2H3,(H2,26,27,31). The van der Waals surface area contributed by atoms with Gasteiger partial charge in [0.2, 0.25) is 0 Å². The van der Waals surface area contributed by atoms with E-state index >= 15 is 0 Å². The number of anilines is 3. The van der Waals surface area contributed by atoms with Crippen LogP contribution in [0.1, 0.15) is 44.6 Å². The Morgan fingerprint density at radius 2 is 1.61 bits per heavy atom. The van der Waals surface area contributed by atoms with E-state index in [0.717, 1.165) is 35.9 Å². The summed E-state index contributed by atoms with van der Waals surface area (Å²) in [6.45, 7) is 6.38. The Hall–Kier alpha value is -3.41. The zero-order valence-electron chi connectivity index (χ0n) is 18.1. The van der Waals surface area contributed by atoms with Gasteiger partial charge < -0.3 is 15.5 Å². The first-order chi connectivity index (χ1) is 15.1. The number of carbonyl (C=O) groups excluding carboxylic acids is 1. The van der Waals surface area contributed by atoms with Crippen LogP contribution in [-0.4, -0.2) is 29.3 Å². The van der Waals surface area contributed by atoms with Crippen molar-refractivity contribution >= 4 is 23.2 Å². The van der Waals surface area contributed by atoms with Gasteiger partial charge in [-0.3, -0.25) is 0 Å². The first-order valence-electron chi connectivity index (χ1n) is 11.0. The number of rotatable bonds is 5. The Morgan fingerprint density at radius 3 is 2.29 bits per heavy atom. The molecule has 4 rings (SSSR count). The summed E-state index contributed by atoms with van der Waals surface area (Å²) in [5.74, 6) is 1.39. The zero-order valence-corrected chi connectivity index (χ0v) is 18.1. The third-order valence-electron chi connectivity index (χ3n) is 5.58. The van der Waals surface area contributed by atoms with E-state index in [4.69, 9.17) is 0 Å². The highest BCUT2D eigenvalue weighted by Gasteiger charge is 2.13. The second-order valence-electron chi connectivity index (χ2n) is 8.26. The molecule has 31 heavy (non-hydrogen) atoms. The van der Waals surface area contributed by atoms with Crippen molar-refractivity contribution in [3.8, 4) is 11.3 Å². The van der Waals surface area contributed by atoms with Gasteiger partial charge in [-0.1, -0.05) is 38.1 Å². The fourth-order valence-electron chi connectivity index (χ4n) is 3.77. The lowest BCUT2D eigenvalue weighted by Crippen LogP contribution is -2.30. The quantitative estimate of drug-likeness (QED) is 0.544. The molecule has 3 aromatic rings. The van der Waals surface area contributed by atoms with Crippen molar-refractivity contribution in [1.82, 2.24) is 10.2 Å². The average Bonchev–Trinajstić information content (AvgIpc) is 2.80. The van der Waals surface area contributed by atoms with E-state index in [1.54, 1.807) is 0 Å². The molecule has 1 fully saturated rings. The largest absolute Gasteiger partial charge is 0.355 e. The van der Waals surface area contributed by atoms with Gasteiger partial charge in [0.25, 0.3) is 0 Å². The van der Waals surface area contributed by atoms with Crippen LogP contribution < -0.4 is 15.5 Å². The van der Waals surface area contributed by atoms with Crippen molar-refractivity contribution in [2.75, 3.05) is 28.6 Å². The minimum Gasteiger partial charge on any atom is -0.355 e. The van der Waals surface area contributed by atoms with Crippen LogP contribution in [-0.2, 0) is 0 Å². The molecular formula is C25H29N5O. The molecule has 2 aromatic carbocycles. The second-order valence-corrected chi connectivity index (χ2v) is 8.26. The smallest absolute Gasteiger partial charge is 0.323 e. The van der Waals surface area contributed by atoms with Gasteiger partial charge >= 0.3 is 6.03 Å². The lowest BCUT2D eigenvalue weighted by Gasteiger charge is -2.27. The van der Waals surface area contributed by atoms with Crippen LogP contribution in [0.2, 0.25) is 0 Å². The minimum atomic E-state index is -0.277. The van der Waals surface area contributed by atoms with Crippen LogP contribution in [0.15, 0.2) is 60.7 Å². The maximum atomic E-state index is 12.4. The van der Waals surface area contributed by atoms with Gasteiger partial charge in [-0.25, -0.2) is 4.79 Å². The van der Waals surface area contributed by atoms with E-state index in [0.29, 0.717) is 11.6 Å². The number of nitrogens with zero attached hydrogens (tertiary/aromatic N) is 3. The number of hydrogen-bond donors (Lipinski definition) is 2. The number of urea groups is 1. The van der Waals surface area contributed by atoms with Crippen LogP contribution in [0.3, 0.4) is 0 Å². The molecule has 0 atom stereocenters. The van der Waals surface area contributed by atoms with E-state index in [2.05, 4.69) is 39.6 Å². The van der Waals surface area contributed by atoms with Gasteiger partial charge in [0, 0.05) is 30.0 Å². The number of hydrogen-bond acceptors (Lipinski definition) is 4. The monoisotopic (exact) mass is 415 g/mol. The fraction of sp³-hybridized carbons (Fsp3) is 0.320. The molecule has 0 unspecified atom stereocenters. The highest BCUT2D eigenvalue weighted by molar-refractivity contribution is 6.00. The van der Waals surface area contributed by atoms with E-state index in [9.17, 15) is 4.79 Å². The van der Waals surface area contributed by atoms with Crippen LogP contribution >= 0.6 is 0 Å². The molecule has 1 aliphatic rings. The molecule has 0 spiro atoms. The zero-order chi connectivity index (χ0) is 21.6.